The molecule has 1 aromatic carbocycles. The minimum atomic E-state index is -3.61. The molecular weight excluding hydrogens is 279 g/mol. The topological polar surface area (TPSA) is 63.4 Å². The van der Waals surface area contributed by atoms with Crippen LogP contribution in [0.3, 0.4) is 0 Å². The SMILES string of the molecule is CC1CCCC(N(C)S(=O)(=O)c2ccc(F)c(N)c2)C1. The maximum Gasteiger partial charge on any atom is 0.243 e. The fraction of sp³-hybridized carbons (Fsp3) is 0.571. The molecule has 20 heavy (non-hydrogen) atoms. The molecule has 0 spiro atoms. The summed E-state index contributed by atoms with van der Waals surface area (Å²) in [6, 6.07) is 3.56. The number of benzene rings is 1. The number of nitrogens with two attached hydrogens (primary N) is 1. The second-order valence-electron chi connectivity index (χ2n) is 5.63. The van der Waals surface area contributed by atoms with Gasteiger partial charge < -0.3 is 5.73 Å². The molecule has 1 fully saturated rings. The zero-order valence-electron chi connectivity index (χ0n) is 11.8. The van der Waals surface area contributed by atoms with Crippen LogP contribution >= 0.6 is 0 Å². The lowest BCUT2D eigenvalue weighted by Gasteiger charge is -2.33. The molecule has 0 bridgehead atoms. The maximum absolute atomic E-state index is 13.2. The smallest absolute Gasteiger partial charge is 0.243 e. The Morgan fingerprint density at radius 1 is 1.35 bits per heavy atom. The molecule has 1 aliphatic carbocycles. The van der Waals surface area contributed by atoms with Crippen molar-refractivity contribution < 1.29 is 12.8 Å². The summed E-state index contributed by atoms with van der Waals surface area (Å²) < 4.78 is 39.7. The van der Waals surface area contributed by atoms with E-state index in [1.54, 1.807) is 7.05 Å². The fourth-order valence-electron chi connectivity index (χ4n) is 2.78. The monoisotopic (exact) mass is 300 g/mol. The molecule has 112 valence electrons. The van der Waals surface area contributed by atoms with Crippen LogP contribution in [0.4, 0.5) is 10.1 Å². The van der Waals surface area contributed by atoms with Gasteiger partial charge >= 0.3 is 0 Å². The Morgan fingerprint density at radius 3 is 2.65 bits per heavy atom. The van der Waals surface area contributed by atoms with Crippen molar-refractivity contribution in [2.24, 2.45) is 5.92 Å². The summed E-state index contributed by atoms with van der Waals surface area (Å²) in [6.07, 6.45) is 3.92. The molecular formula is C14H21FN2O2S. The van der Waals surface area contributed by atoms with Crippen molar-refractivity contribution in [3.05, 3.63) is 24.0 Å². The van der Waals surface area contributed by atoms with Gasteiger partial charge in [-0.25, -0.2) is 12.8 Å². The van der Waals surface area contributed by atoms with Crippen molar-refractivity contribution in [3.8, 4) is 0 Å². The molecule has 1 aliphatic rings. The van der Waals surface area contributed by atoms with E-state index in [4.69, 9.17) is 5.73 Å². The molecule has 1 aromatic rings. The molecule has 0 saturated heterocycles. The summed E-state index contributed by atoms with van der Waals surface area (Å²) in [4.78, 5) is 0.0529. The van der Waals surface area contributed by atoms with Crippen LogP contribution in [0.5, 0.6) is 0 Å². The first-order valence-corrected chi connectivity index (χ1v) is 8.29. The van der Waals surface area contributed by atoms with Gasteiger partial charge in [0.1, 0.15) is 5.82 Å². The van der Waals surface area contributed by atoms with E-state index in [1.165, 1.54) is 16.4 Å². The minimum Gasteiger partial charge on any atom is -0.396 e. The molecule has 2 N–H and O–H groups in total. The van der Waals surface area contributed by atoms with Gasteiger partial charge in [-0.1, -0.05) is 19.8 Å². The van der Waals surface area contributed by atoms with E-state index in [1.807, 2.05) is 0 Å². The standard InChI is InChI=1S/C14H21FN2O2S/c1-10-4-3-5-11(8-10)17(2)20(18,19)12-6-7-13(15)14(16)9-12/h6-7,9-11H,3-5,8,16H2,1-2H3. The lowest BCUT2D eigenvalue weighted by Crippen LogP contribution is -2.39. The maximum atomic E-state index is 13.2. The number of hydrogen-bond donors (Lipinski definition) is 1. The molecule has 0 aromatic heterocycles. The summed E-state index contributed by atoms with van der Waals surface area (Å²) in [5.41, 5.74) is 5.32. The zero-order valence-corrected chi connectivity index (χ0v) is 12.7. The van der Waals surface area contributed by atoms with Gasteiger partial charge in [-0.15, -0.1) is 0 Å². The van der Waals surface area contributed by atoms with Crippen molar-refractivity contribution in [1.82, 2.24) is 4.31 Å². The molecule has 2 rings (SSSR count). The van der Waals surface area contributed by atoms with E-state index in [2.05, 4.69) is 6.92 Å². The highest BCUT2D eigenvalue weighted by atomic mass is 32.2. The van der Waals surface area contributed by atoms with Crippen LogP contribution in [-0.2, 0) is 10.0 Å². The van der Waals surface area contributed by atoms with E-state index in [-0.39, 0.29) is 16.6 Å². The fourth-order valence-corrected chi connectivity index (χ4v) is 4.21. The van der Waals surface area contributed by atoms with Crippen LogP contribution in [0.2, 0.25) is 0 Å². The van der Waals surface area contributed by atoms with Gasteiger partial charge in [0, 0.05) is 13.1 Å². The summed E-state index contributed by atoms with van der Waals surface area (Å²) in [5.74, 6) is -0.0671. The summed E-state index contributed by atoms with van der Waals surface area (Å²) in [7, 11) is -2.02. The van der Waals surface area contributed by atoms with Gasteiger partial charge in [-0.05, 0) is 37.0 Å². The third-order valence-corrected chi connectivity index (χ3v) is 5.97. The molecule has 0 amide bonds. The van der Waals surface area contributed by atoms with Crippen molar-refractivity contribution >= 4 is 15.7 Å². The minimum absolute atomic E-state index is 0.00928. The highest BCUT2D eigenvalue weighted by Gasteiger charge is 2.31. The number of nitrogens with zero attached hydrogens (tertiary/aromatic N) is 1. The lowest BCUT2D eigenvalue weighted by molar-refractivity contribution is 0.239. The molecule has 2 atom stereocenters. The largest absolute Gasteiger partial charge is 0.396 e. The predicted molar refractivity (Wildman–Crippen MR) is 77.2 cm³/mol. The molecule has 4 nitrogen and oxygen atoms in total. The average molecular weight is 300 g/mol. The second-order valence-corrected chi connectivity index (χ2v) is 7.63. The number of nitrogen functional groups attached to an aromatic ring is 1. The van der Waals surface area contributed by atoms with Crippen LogP contribution < -0.4 is 5.73 Å². The Hall–Kier alpha value is -1.14. The Labute approximate surface area is 119 Å². The third kappa shape index (κ3) is 2.96. The number of halogens is 1. The number of rotatable bonds is 3. The molecule has 6 heteroatoms. The van der Waals surface area contributed by atoms with E-state index in [0.29, 0.717) is 5.92 Å². The Bertz CT molecular complexity index is 589. The van der Waals surface area contributed by atoms with Crippen molar-refractivity contribution in [2.45, 2.75) is 43.5 Å². The van der Waals surface area contributed by atoms with E-state index in [9.17, 15) is 12.8 Å². The van der Waals surface area contributed by atoms with E-state index >= 15 is 0 Å². The average Bonchev–Trinajstić information content (AvgIpc) is 2.40. The molecule has 1 saturated carbocycles. The zero-order chi connectivity index (χ0) is 14.9. The second kappa shape index (κ2) is 5.69. The summed E-state index contributed by atoms with van der Waals surface area (Å²) in [5, 5.41) is 0. The van der Waals surface area contributed by atoms with Crippen molar-refractivity contribution in [1.29, 1.82) is 0 Å². The van der Waals surface area contributed by atoms with Crippen molar-refractivity contribution in [2.75, 3.05) is 12.8 Å². The van der Waals surface area contributed by atoms with Crippen molar-refractivity contribution in [3.63, 3.8) is 0 Å². The van der Waals surface area contributed by atoms with Crippen LogP contribution in [0.1, 0.15) is 32.6 Å². The van der Waals surface area contributed by atoms with Gasteiger partial charge in [-0.3, -0.25) is 0 Å². The highest BCUT2D eigenvalue weighted by Crippen LogP contribution is 2.30. The Morgan fingerprint density at radius 2 is 2.05 bits per heavy atom. The normalized spacial score (nSPS) is 24.0. The molecule has 0 aliphatic heterocycles. The Kier molecular flexibility index (Phi) is 4.34. The first kappa shape index (κ1) is 15.3. The number of anilines is 1. The van der Waals surface area contributed by atoms with Gasteiger partial charge in [-0.2, -0.15) is 4.31 Å². The molecule has 2 unspecified atom stereocenters. The van der Waals surface area contributed by atoms with Crippen LogP contribution in [0.15, 0.2) is 23.1 Å². The summed E-state index contributed by atoms with van der Waals surface area (Å²) in [6.45, 7) is 2.14. The predicted octanol–water partition coefficient (Wildman–Crippen LogP) is 2.61. The van der Waals surface area contributed by atoms with E-state index < -0.39 is 15.8 Å². The van der Waals surface area contributed by atoms with Gasteiger partial charge in [0.15, 0.2) is 0 Å². The Balaban J connectivity index is 2.26. The first-order valence-electron chi connectivity index (χ1n) is 6.85. The van der Waals surface area contributed by atoms with Crippen LogP contribution in [0, 0.1) is 11.7 Å². The third-order valence-electron chi connectivity index (χ3n) is 4.07. The lowest BCUT2D eigenvalue weighted by atomic mass is 9.87. The van der Waals surface area contributed by atoms with Crippen LogP contribution in [0.25, 0.3) is 0 Å². The number of sulfonamides is 1. The quantitative estimate of drug-likeness (QED) is 0.873. The molecule has 0 heterocycles. The van der Waals surface area contributed by atoms with Gasteiger partial charge in [0.05, 0.1) is 10.6 Å². The highest BCUT2D eigenvalue weighted by molar-refractivity contribution is 7.89. The van der Waals surface area contributed by atoms with E-state index in [0.717, 1.165) is 31.7 Å². The number of hydrogen-bond acceptors (Lipinski definition) is 3. The summed E-state index contributed by atoms with van der Waals surface area (Å²) >= 11 is 0. The molecule has 0 radical (unpaired) electrons. The van der Waals surface area contributed by atoms with Gasteiger partial charge in [0.25, 0.3) is 0 Å². The van der Waals surface area contributed by atoms with Crippen LogP contribution in [-0.4, -0.2) is 25.8 Å². The van der Waals surface area contributed by atoms with Gasteiger partial charge in [0.2, 0.25) is 10.0 Å². The first-order chi connectivity index (χ1) is 9.32.